The van der Waals surface area contributed by atoms with Crippen molar-refractivity contribution in [2.45, 2.75) is 36.6 Å². The molecular formula is C30H38ClN5O3S. The van der Waals surface area contributed by atoms with Gasteiger partial charge in [-0.3, -0.25) is 4.79 Å². The van der Waals surface area contributed by atoms with Crippen molar-refractivity contribution in [1.29, 1.82) is 0 Å². The van der Waals surface area contributed by atoms with Crippen LogP contribution in [0.4, 0.5) is 5.82 Å². The molecule has 0 radical (unpaired) electrons. The summed E-state index contributed by atoms with van der Waals surface area (Å²) in [5, 5.41) is 4.06. The Kier molecular flexibility index (Phi) is 11.3. The highest BCUT2D eigenvalue weighted by atomic mass is 35.5. The maximum absolute atomic E-state index is 12.5. The fourth-order valence-corrected chi connectivity index (χ4v) is 5.64. The summed E-state index contributed by atoms with van der Waals surface area (Å²) in [6.45, 7) is 4.60. The van der Waals surface area contributed by atoms with Gasteiger partial charge in [0.1, 0.15) is 11.0 Å². The number of likely N-dealkylation sites (N-methyl/N-ethyl adjacent to an activating group) is 1. The topological polar surface area (TPSA) is 79.8 Å². The van der Waals surface area contributed by atoms with E-state index < -0.39 is 0 Å². The second-order valence-electron chi connectivity index (χ2n) is 9.84. The van der Waals surface area contributed by atoms with Crippen LogP contribution >= 0.6 is 23.4 Å². The van der Waals surface area contributed by atoms with E-state index in [1.807, 2.05) is 49.5 Å². The number of aromatic nitrogens is 2. The van der Waals surface area contributed by atoms with Crippen LogP contribution in [-0.2, 0) is 12.2 Å². The minimum absolute atomic E-state index is 0.0323. The van der Waals surface area contributed by atoms with Gasteiger partial charge in [0.15, 0.2) is 16.7 Å². The molecule has 0 aliphatic carbocycles. The second-order valence-corrected chi connectivity index (χ2v) is 11.2. The molecule has 3 aromatic rings. The lowest BCUT2D eigenvalue weighted by atomic mass is 10.1. The minimum Gasteiger partial charge on any atom is -0.493 e. The zero-order valence-electron chi connectivity index (χ0n) is 23.5. The molecule has 0 saturated carbocycles. The molecule has 2 aromatic carbocycles. The van der Waals surface area contributed by atoms with Crippen LogP contribution in [0, 0.1) is 0 Å². The molecule has 4 rings (SSSR count). The van der Waals surface area contributed by atoms with Crippen LogP contribution < -0.4 is 19.7 Å². The number of nitrogens with zero attached hydrogens (tertiary/aromatic N) is 4. The molecule has 214 valence electrons. The van der Waals surface area contributed by atoms with Crippen LogP contribution in [0.2, 0.25) is 5.15 Å². The molecule has 2 heterocycles. The van der Waals surface area contributed by atoms with Crippen molar-refractivity contribution in [2.24, 2.45) is 0 Å². The molecule has 1 N–H and O–H groups in total. The maximum Gasteiger partial charge on any atom is 0.251 e. The highest BCUT2D eigenvalue weighted by Gasteiger charge is 2.13. The van der Waals surface area contributed by atoms with Crippen LogP contribution in [0.5, 0.6) is 11.5 Å². The van der Waals surface area contributed by atoms with Crippen molar-refractivity contribution < 1.29 is 14.3 Å². The number of anilines is 1. The third-order valence-electron chi connectivity index (χ3n) is 6.98. The maximum atomic E-state index is 12.5. The number of methoxy groups -OCH3 is 2. The lowest BCUT2D eigenvalue weighted by Crippen LogP contribution is -2.37. The number of nitrogens with one attached hydrogen (secondary N) is 1. The van der Waals surface area contributed by atoms with Gasteiger partial charge in [-0.25, -0.2) is 9.97 Å². The van der Waals surface area contributed by atoms with Gasteiger partial charge in [0.05, 0.1) is 14.2 Å². The number of hydrogen-bond acceptors (Lipinski definition) is 8. The predicted octanol–water partition coefficient (Wildman–Crippen LogP) is 5.33. The molecule has 8 nitrogen and oxygen atoms in total. The van der Waals surface area contributed by atoms with E-state index in [0.29, 0.717) is 39.7 Å². The highest BCUT2D eigenvalue weighted by molar-refractivity contribution is 7.98. The van der Waals surface area contributed by atoms with Crippen molar-refractivity contribution in [1.82, 2.24) is 20.2 Å². The number of ether oxygens (including phenoxy) is 2. The largest absolute Gasteiger partial charge is 0.493 e. The summed E-state index contributed by atoms with van der Waals surface area (Å²) in [5.74, 6) is 2.83. The lowest BCUT2D eigenvalue weighted by Gasteiger charge is -2.26. The van der Waals surface area contributed by atoms with E-state index >= 15 is 0 Å². The number of carbonyl (C=O) groups excluding carboxylic acids is 1. The van der Waals surface area contributed by atoms with Gasteiger partial charge in [-0.1, -0.05) is 48.0 Å². The number of amides is 1. The SMILES string of the molecule is COc1ccc(CCN(C)c2cc(Cl)nc(SCc3ccc(C(=O)NCCN4CCCCC4)cc3)n2)cc1OC. The Hall–Kier alpha value is -3.01. The van der Waals surface area contributed by atoms with Gasteiger partial charge < -0.3 is 24.6 Å². The molecule has 1 fully saturated rings. The van der Waals surface area contributed by atoms with E-state index in [-0.39, 0.29) is 5.91 Å². The van der Waals surface area contributed by atoms with Gasteiger partial charge in [0, 0.05) is 44.1 Å². The van der Waals surface area contributed by atoms with Crippen LogP contribution in [0.25, 0.3) is 0 Å². The number of carbonyl (C=O) groups is 1. The first kappa shape index (κ1) is 30.0. The van der Waals surface area contributed by atoms with E-state index in [4.69, 9.17) is 26.1 Å². The van der Waals surface area contributed by atoms with E-state index in [1.165, 1.54) is 31.0 Å². The first-order chi connectivity index (χ1) is 19.4. The van der Waals surface area contributed by atoms with E-state index in [2.05, 4.69) is 20.1 Å². The van der Waals surface area contributed by atoms with Crippen molar-refractivity contribution >= 4 is 35.1 Å². The zero-order chi connectivity index (χ0) is 28.3. The fourth-order valence-electron chi connectivity index (χ4n) is 4.61. The lowest BCUT2D eigenvalue weighted by molar-refractivity contribution is 0.0946. The summed E-state index contributed by atoms with van der Waals surface area (Å²) < 4.78 is 10.7. The number of likely N-dealkylation sites (tertiary alicyclic amines) is 1. The average molecular weight is 584 g/mol. The molecule has 0 bridgehead atoms. The summed E-state index contributed by atoms with van der Waals surface area (Å²) in [4.78, 5) is 26.1. The number of piperidine rings is 1. The van der Waals surface area contributed by atoms with Crippen molar-refractivity contribution in [3.63, 3.8) is 0 Å². The number of halogens is 1. The molecule has 1 saturated heterocycles. The van der Waals surface area contributed by atoms with E-state index in [0.717, 1.165) is 49.5 Å². The molecule has 0 spiro atoms. The quantitative estimate of drug-likeness (QED) is 0.164. The third-order valence-corrected chi connectivity index (χ3v) is 8.09. The minimum atomic E-state index is -0.0323. The first-order valence-electron chi connectivity index (χ1n) is 13.6. The molecule has 1 aliphatic heterocycles. The van der Waals surface area contributed by atoms with Gasteiger partial charge in [-0.05, 0) is 67.7 Å². The molecule has 0 atom stereocenters. The van der Waals surface area contributed by atoms with Crippen molar-refractivity contribution in [3.05, 3.63) is 70.4 Å². The predicted molar refractivity (Wildman–Crippen MR) is 162 cm³/mol. The van der Waals surface area contributed by atoms with Gasteiger partial charge in [0.25, 0.3) is 5.91 Å². The molecule has 1 amide bonds. The Morgan fingerprint density at radius 1 is 1.00 bits per heavy atom. The Bertz CT molecular complexity index is 1250. The Balaban J connectivity index is 1.27. The zero-order valence-corrected chi connectivity index (χ0v) is 25.1. The standard InChI is InChI=1S/C30H38ClN5O3S/c1-35(17-13-22-9-12-25(38-2)26(19-22)39-3)28-20-27(31)33-30(34-28)40-21-23-7-10-24(11-8-23)29(37)32-14-18-36-15-5-4-6-16-36/h7-12,19-20H,4-6,13-18,21H2,1-3H3,(H,32,37). The molecule has 1 aliphatic rings. The smallest absolute Gasteiger partial charge is 0.251 e. The Labute approximate surface area is 246 Å². The summed E-state index contributed by atoms with van der Waals surface area (Å²) >= 11 is 7.86. The Morgan fingerprint density at radius 3 is 2.45 bits per heavy atom. The molecule has 1 aromatic heterocycles. The summed E-state index contributed by atoms with van der Waals surface area (Å²) in [7, 11) is 5.26. The van der Waals surface area contributed by atoms with Gasteiger partial charge >= 0.3 is 0 Å². The molecule has 10 heteroatoms. The highest BCUT2D eigenvalue weighted by Crippen LogP contribution is 2.28. The third kappa shape index (κ3) is 8.74. The second kappa shape index (κ2) is 15.1. The monoisotopic (exact) mass is 583 g/mol. The van der Waals surface area contributed by atoms with E-state index in [9.17, 15) is 4.79 Å². The number of hydrogen-bond donors (Lipinski definition) is 1. The summed E-state index contributed by atoms with van der Waals surface area (Å²) in [6, 6.07) is 15.4. The van der Waals surface area contributed by atoms with Crippen LogP contribution in [-0.4, -0.2) is 74.8 Å². The van der Waals surface area contributed by atoms with Crippen molar-refractivity contribution in [2.75, 3.05) is 58.9 Å². The first-order valence-corrected chi connectivity index (χ1v) is 15.0. The Morgan fingerprint density at radius 2 is 1.73 bits per heavy atom. The van der Waals surface area contributed by atoms with Crippen molar-refractivity contribution in [3.8, 4) is 11.5 Å². The fraction of sp³-hybridized carbons (Fsp3) is 0.433. The summed E-state index contributed by atoms with van der Waals surface area (Å²) in [5.41, 5.74) is 2.89. The number of benzene rings is 2. The van der Waals surface area contributed by atoms with Gasteiger partial charge in [-0.2, -0.15) is 0 Å². The molecule has 40 heavy (non-hydrogen) atoms. The van der Waals surface area contributed by atoms with Crippen LogP contribution in [0.15, 0.2) is 53.7 Å². The normalized spacial score (nSPS) is 13.6. The average Bonchev–Trinajstić information content (AvgIpc) is 2.99. The van der Waals surface area contributed by atoms with Crippen LogP contribution in [0.3, 0.4) is 0 Å². The van der Waals surface area contributed by atoms with Gasteiger partial charge in [-0.15, -0.1) is 0 Å². The molecule has 0 unspecified atom stereocenters. The number of thioether (sulfide) groups is 1. The van der Waals surface area contributed by atoms with Crippen LogP contribution in [0.1, 0.15) is 40.7 Å². The van der Waals surface area contributed by atoms with Gasteiger partial charge in [0.2, 0.25) is 0 Å². The van der Waals surface area contributed by atoms with E-state index in [1.54, 1.807) is 20.3 Å². The number of rotatable bonds is 13. The molecular weight excluding hydrogens is 546 g/mol. The summed E-state index contributed by atoms with van der Waals surface area (Å²) in [6.07, 6.45) is 4.63.